The zero-order valence-electron chi connectivity index (χ0n) is 12.1. The Labute approximate surface area is 127 Å². The Bertz CT molecular complexity index is 885. The van der Waals surface area contributed by atoms with E-state index >= 15 is 0 Å². The smallest absolute Gasteiger partial charge is 0.273 e. The van der Waals surface area contributed by atoms with Crippen molar-refractivity contribution in [2.24, 2.45) is 0 Å². The van der Waals surface area contributed by atoms with Gasteiger partial charge in [-0.15, -0.1) is 0 Å². The minimum atomic E-state index is -0.344. The Kier molecular flexibility index (Phi) is 3.70. The molecular formula is C17H15N3O2. The summed E-state index contributed by atoms with van der Waals surface area (Å²) in [5.74, 6) is 0.110. The van der Waals surface area contributed by atoms with Crippen LogP contribution < -0.4 is 10.9 Å². The van der Waals surface area contributed by atoms with E-state index in [-0.39, 0.29) is 11.5 Å². The molecule has 0 unspecified atom stereocenters. The van der Waals surface area contributed by atoms with E-state index in [9.17, 15) is 9.59 Å². The number of hydrogen-bond acceptors (Lipinski definition) is 3. The molecule has 0 saturated carbocycles. The van der Waals surface area contributed by atoms with Crippen molar-refractivity contribution in [2.75, 3.05) is 5.32 Å². The molecule has 22 heavy (non-hydrogen) atoms. The van der Waals surface area contributed by atoms with Crippen molar-refractivity contribution in [3.05, 3.63) is 70.8 Å². The predicted octanol–water partition coefficient (Wildman–Crippen LogP) is 2.67. The van der Waals surface area contributed by atoms with Gasteiger partial charge in [-0.25, -0.2) is 4.98 Å². The van der Waals surface area contributed by atoms with E-state index in [1.807, 2.05) is 25.1 Å². The molecule has 5 heteroatoms. The Morgan fingerprint density at radius 2 is 1.95 bits per heavy atom. The van der Waals surface area contributed by atoms with Crippen molar-refractivity contribution in [3.8, 4) is 0 Å². The molecule has 2 heterocycles. The minimum absolute atomic E-state index is 0.160. The summed E-state index contributed by atoms with van der Waals surface area (Å²) in [6.45, 7) is 2.27. The highest BCUT2D eigenvalue weighted by Crippen LogP contribution is 2.13. The van der Waals surface area contributed by atoms with Crippen LogP contribution in [0.15, 0.2) is 59.5 Å². The van der Waals surface area contributed by atoms with E-state index in [4.69, 9.17) is 0 Å². The molecule has 0 radical (unpaired) electrons. The lowest BCUT2D eigenvalue weighted by atomic mass is 10.1. The van der Waals surface area contributed by atoms with Crippen LogP contribution in [0, 0.1) is 0 Å². The highest BCUT2D eigenvalue weighted by atomic mass is 16.2. The summed E-state index contributed by atoms with van der Waals surface area (Å²) < 4.78 is 1.47. The molecule has 0 spiro atoms. The Morgan fingerprint density at radius 1 is 1.18 bits per heavy atom. The Hall–Kier alpha value is -2.95. The van der Waals surface area contributed by atoms with Gasteiger partial charge < -0.3 is 9.88 Å². The number of benzene rings is 1. The van der Waals surface area contributed by atoms with Crippen LogP contribution in [0.4, 0.5) is 5.82 Å². The third kappa shape index (κ3) is 2.48. The molecule has 0 bridgehead atoms. The molecule has 0 aliphatic carbocycles. The number of pyridine rings is 2. The van der Waals surface area contributed by atoms with Crippen LogP contribution in [0.2, 0.25) is 0 Å². The van der Waals surface area contributed by atoms with Crippen molar-refractivity contribution < 1.29 is 4.79 Å². The maximum atomic E-state index is 12.5. The van der Waals surface area contributed by atoms with Gasteiger partial charge in [0.15, 0.2) is 0 Å². The van der Waals surface area contributed by atoms with E-state index in [1.165, 1.54) is 4.57 Å². The zero-order valence-corrected chi connectivity index (χ0v) is 12.1. The summed E-state index contributed by atoms with van der Waals surface area (Å²) in [6, 6.07) is 14.3. The van der Waals surface area contributed by atoms with Gasteiger partial charge in [-0.05, 0) is 36.6 Å². The fourth-order valence-corrected chi connectivity index (χ4v) is 2.42. The number of aromatic nitrogens is 2. The first-order valence-corrected chi connectivity index (χ1v) is 7.05. The summed E-state index contributed by atoms with van der Waals surface area (Å²) in [5.41, 5.74) is 0.170. The molecule has 0 aliphatic heterocycles. The molecular weight excluding hydrogens is 278 g/mol. The molecule has 0 fully saturated rings. The number of anilines is 1. The van der Waals surface area contributed by atoms with E-state index in [0.717, 1.165) is 5.39 Å². The van der Waals surface area contributed by atoms with Gasteiger partial charge in [-0.2, -0.15) is 0 Å². The third-order valence-corrected chi connectivity index (χ3v) is 3.47. The first-order chi connectivity index (χ1) is 10.7. The largest absolute Gasteiger partial charge is 0.305 e. The number of amides is 1. The Balaban J connectivity index is 2.09. The van der Waals surface area contributed by atoms with E-state index in [1.54, 1.807) is 36.5 Å². The second kappa shape index (κ2) is 5.81. The number of hydrogen-bond donors (Lipinski definition) is 1. The normalized spacial score (nSPS) is 10.6. The molecule has 110 valence electrons. The fraction of sp³-hybridized carbons (Fsp3) is 0.118. The van der Waals surface area contributed by atoms with Gasteiger partial charge in [0.05, 0.1) is 0 Å². The molecule has 5 nitrogen and oxygen atoms in total. The lowest BCUT2D eigenvalue weighted by molar-refractivity contribution is 0.101. The first kappa shape index (κ1) is 14.0. The maximum Gasteiger partial charge on any atom is 0.273 e. The number of fused-ring (bicyclic) bond motifs is 1. The summed E-state index contributed by atoms with van der Waals surface area (Å²) in [6.07, 6.45) is 1.60. The summed E-state index contributed by atoms with van der Waals surface area (Å²) >= 11 is 0. The molecule has 3 aromatic rings. The number of carbonyl (C=O) groups excluding carboxylic acids is 1. The van der Waals surface area contributed by atoms with E-state index < -0.39 is 0 Å². The molecule has 1 amide bonds. The average molecular weight is 293 g/mol. The molecule has 1 N–H and O–H groups in total. The SMILES string of the molecule is CCn1c(C(=O)Nc2ccccn2)cc2ccccc2c1=O. The summed E-state index contributed by atoms with van der Waals surface area (Å²) in [5, 5.41) is 4.08. The standard InChI is InChI=1S/C17H15N3O2/c1-2-20-14(16(21)19-15-9-5-6-10-18-15)11-12-7-3-4-8-13(12)17(20)22/h3-11H,2H2,1H3,(H,18,19,21). The van der Waals surface area contributed by atoms with Crippen LogP contribution in [0.25, 0.3) is 10.8 Å². The second-order valence-corrected chi connectivity index (χ2v) is 4.84. The van der Waals surface area contributed by atoms with Crippen LogP contribution >= 0.6 is 0 Å². The average Bonchev–Trinajstić information content (AvgIpc) is 2.55. The van der Waals surface area contributed by atoms with Crippen LogP contribution in [0.1, 0.15) is 17.4 Å². The van der Waals surface area contributed by atoms with Gasteiger partial charge in [0.1, 0.15) is 11.5 Å². The number of rotatable bonds is 3. The van der Waals surface area contributed by atoms with Crippen molar-refractivity contribution >= 4 is 22.5 Å². The molecule has 2 aromatic heterocycles. The fourth-order valence-electron chi connectivity index (χ4n) is 2.42. The highest BCUT2D eigenvalue weighted by molar-refractivity contribution is 6.04. The van der Waals surface area contributed by atoms with Crippen LogP contribution in [-0.4, -0.2) is 15.5 Å². The molecule has 3 rings (SSSR count). The van der Waals surface area contributed by atoms with Crippen molar-refractivity contribution in [1.29, 1.82) is 0 Å². The molecule has 0 saturated heterocycles. The van der Waals surface area contributed by atoms with Gasteiger partial charge in [0.25, 0.3) is 11.5 Å². The lowest BCUT2D eigenvalue weighted by Gasteiger charge is -2.12. The number of nitrogens with zero attached hydrogens (tertiary/aromatic N) is 2. The van der Waals surface area contributed by atoms with Gasteiger partial charge in [-0.3, -0.25) is 9.59 Å². The second-order valence-electron chi connectivity index (χ2n) is 4.84. The monoisotopic (exact) mass is 293 g/mol. The zero-order chi connectivity index (χ0) is 15.5. The van der Waals surface area contributed by atoms with Crippen molar-refractivity contribution in [1.82, 2.24) is 9.55 Å². The predicted molar refractivity (Wildman–Crippen MR) is 86.1 cm³/mol. The van der Waals surface area contributed by atoms with Crippen LogP contribution in [0.3, 0.4) is 0 Å². The first-order valence-electron chi connectivity index (χ1n) is 7.05. The quantitative estimate of drug-likeness (QED) is 0.807. The van der Waals surface area contributed by atoms with Gasteiger partial charge in [0.2, 0.25) is 0 Å². The third-order valence-electron chi connectivity index (χ3n) is 3.47. The molecule has 0 atom stereocenters. The summed E-state index contributed by atoms with van der Waals surface area (Å²) in [7, 11) is 0. The minimum Gasteiger partial charge on any atom is -0.305 e. The Morgan fingerprint density at radius 3 is 2.68 bits per heavy atom. The van der Waals surface area contributed by atoms with Crippen molar-refractivity contribution in [2.45, 2.75) is 13.5 Å². The van der Waals surface area contributed by atoms with Gasteiger partial charge >= 0.3 is 0 Å². The van der Waals surface area contributed by atoms with Crippen LogP contribution in [0.5, 0.6) is 0 Å². The molecule has 1 aromatic carbocycles. The van der Waals surface area contributed by atoms with Crippen LogP contribution in [-0.2, 0) is 6.54 Å². The number of nitrogens with one attached hydrogen (secondary N) is 1. The van der Waals surface area contributed by atoms with Gasteiger partial charge in [-0.1, -0.05) is 24.3 Å². The molecule has 0 aliphatic rings. The highest BCUT2D eigenvalue weighted by Gasteiger charge is 2.15. The summed E-state index contributed by atoms with van der Waals surface area (Å²) in [4.78, 5) is 29.0. The van der Waals surface area contributed by atoms with E-state index in [0.29, 0.717) is 23.4 Å². The lowest BCUT2D eigenvalue weighted by Crippen LogP contribution is -2.28. The van der Waals surface area contributed by atoms with Gasteiger partial charge in [0, 0.05) is 18.1 Å². The maximum absolute atomic E-state index is 12.5. The van der Waals surface area contributed by atoms with Crippen molar-refractivity contribution in [3.63, 3.8) is 0 Å². The number of carbonyl (C=O) groups is 1. The van der Waals surface area contributed by atoms with E-state index in [2.05, 4.69) is 10.3 Å². The topological polar surface area (TPSA) is 64.0 Å².